The predicted molar refractivity (Wildman–Crippen MR) is 75.4 cm³/mol. The molecule has 1 unspecified atom stereocenters. The SMILES string of the molecule is CC(Nc1cnc(Cl)c(Br)c1)c1ccccc1F. The first-order valence-corrected chi connectivity index (χ1v) is 6.57. The number of benzene rings is 1. The molecule has 1 aromatic heterocycles. The smallest absolute Gasteiger partial charge is 0.143 e. The molecule has 5 heteroatoms. The van der Waals surface area contributed by atoms with Crippen LogP contribution < -0.4 is 5.32 Å². The van der Waals surface area contributed by atoms with Crippen LogP contribution in [-0.2, 0) is 0 Å². The fourth-order valence-electron chi connectivity index (χ4n) is 1.65. The van der Waals surface area contributed by atoms with E-state index in [1.165, 1.54) is 6.07 Å². The van der Waals surface area contributed by atoms with Crippen LogP contribution in [0, 0.1) is 5.82 Å². The maximum atomic E-state index is 13.6. The van der Waals surface area contributed by atoms with Gasteiger partial charge in [0.2, 0.25) is 0 Å². The molecule has 0 aliphatic carbocycles. The fourth-order valence-corrected chi connectivity index (χ4v) is 2.11. The minimum absolute atomic E-state index is 0.152. The van der Waals surface area contributed by atoms with Gasteiger partial charge in [0.1, 0.15) is 11.0 Å². The molecule has 2 aromatic rings. The van der Waals surface area contributed by atoms with Crippen molar-refractivity contribution in [2.45, 2.75) is 13.0 Å². The molecule has 1 N–H and O–H groups in total. The fraction of sp³-hybridized carbons (Fsp3) is 0.154. The van der Waals surface area contributed by atoms with Gasteiger partial charge in [-0.2, -0.15) is 0 Å². The lowest BCUT2D eigenvalue weighted by Gasteiger charge is -2.16. The molecule has 0 aliphatic rings. The molecule has 0 spiro atoms. The number of hydrogen-bond acceptors (Lipinski definition) is 2. The van der Waals surface area contributed by atoms with Crippen LogP contribution in [0.4, 0.5) is 10.1 Å². The summed E-state index contributed by atoms with van der Waals surface area (Å²) in [5, 5.41) is 3.58. The Morgan fingerprint density at radius 3 is 2.78 bits per heavy atom. The Bertz CT molecular complexity index is 562. The average Bonchev–Trinajstić information content (AvgIpc) is 2.34. The molecule has 1 heterocycles. The molecular weight excluding hydrogens is 319 g/mol. The highest BCUT2D eigenvalue weighted by atomic mass is 79.9. The van der Waals surface area contributed by atoms with E-state index in [0.717, 1.165) is 5.69 Å². The topological polar surface area (TPSA) is 24.9 Å². The Balaban J connectivity index is 2.19. The quantitative estimate of drug-likeness (QED) is 0.817. The minimum atomic E-state index is -0.224. The van der Waals surface area contributed by atoms with Crippen LogP contribution in [0.25, 0.3) is 0 Å². The second kappa shape index (κ2) is 5.67. The Labute approximate surface area is 118 Å². The number of pyridine rings is 1. The number of aromatic nitrogens is 1. The highest BCUT2D eigenvalue weighted by Crippen LogP contribution is 2.26. The van der Waals surface area contributed by atoms with Crippen molar-refractivity contribution in [3.8, 4) is 0 Å². The highest BCUT2D eigenvalue weighted by molar-refractivity contribution is 9.10. The van der Waals surface area contributed by atoms with E-state index in [4.69, 9.17) is 11.6 Å². The number of anilines is 1. The molecule has 0 fully saturated rings. The number of hydrogen-bond donors (Lipinski definition) is 1. The van der Waals surface area contributed by atoms with Crippen LogP contribution in [-0.4, -0.2) is 4.98 Å². The lowest BCUT2D eigenvalue weighted by molar-refractivity contribution is 0.600. The molecule has 0 saturated heterocycles. The second-order valence-corrected chi connectivity index (χ2v) is 5.10. The van der Waals surface area contributed by atoms with Gasteiger partial charge in [-0.15, -0.1) is 0 Å². The standard InChI is InChI=1S/C13H11BrClFN2/c1-8(10-4-2-3-5-12(10)16)18-9-6-11(14)13(15)17-7-9/h2-8,18H,1H3. The molecule has 0 radical (unpaired) electrons. The zero-order chi connectivity index (χ0) is 13.1. The summed E-state index contributed by atoms with van der Waals surface area (Å²) in [7, 11) is 0. The maximum absolute atomic E-state index is 13.6. The van der Waals surface area contributed by atoms with E-state index in [-0.39, 0.29) is 11.9 Å². The van der Waals surface area contributed by atoms with E-state index in [9.17, 15) is 4.39 Å². The summed E-state index contributed by atoms with van der Waals surface area (Å²) in [6, 6.07) is 8.35. The summed E-state index contributed by atoms with van der Waals surface area (Å²) < 4.78 is 14.3. The predicted octanol–water partition coefficient (Wildman–Crippen LogP) is 4.81. The first-order valence-electron chi connectivity index (χ1n) is 5.40. The van der Waals surface area contributed by atoms with Gasteiger partial charge in [0, 0.05) is 5.56 Å². The van der Waals surface area contributed by atoms with Crippen molar-refractivity contribution in [3.05, 3.63) is 57.5 Å². The van der Waals surface area contributed by atoms with Crippen LogP contribution in [0.5, 0.6) is 0 Å². The van der Waals surface area contributed by atoms with Crippen LogP contribution in [0.3, 0.4) is 0 Å². The number of nitrogens with one attached hydrogen (secondary N) is 1. The van der Waals surface area contributed by atoms with E-state index in [1.807, 2.05) is 19.1 Å². The van der Waals surface area contributed by atoms with Crippen molar-refractivity contribution in [3.63, 3.8) is 0 Å². The molecule has 18 heavy (non-hydrogen) atoms. The molecule has 0 aliphatic heterocycles. The van der Waals surface area contributed by atoms with E-state index >= 15 is 0 Å². The second-order valence-electron chi connectivity index (χ2n) is 3.88. The third-order valence-corrected chi connectivity index (χ3v) is 3.69. The van der Waals surface area contributed by atoms with Gasteiger partial charge in [-0.05, 0) is 35.0 Å². The summed E-state index contributed by atoms with van der Waals surface area (Å²) in [6.07, 6.45) is 1.62. The van der Waals surface area contributed by atoms with Crippen LogP contribution in [0.15, 0.2) is 41.0 Å². The average molecular weight is 330 g/mol. The first kappa shape index (κ1) is 13.3. The zero-order valence-corrected chi connectivity index (χ0v) is 12.0. The number of rotatable bonds is 3. The van der Waals surface area contributed by atoms with Gasteiger partial charge in [-0.3, -0.25) is 0 Å². The van der Waals surface area contributed by atoms with Crippen LogP contribution >= 0.6 is 27.5 Å². The number of halogens is 3. The van der Waals surface area contributed by atoms with Gasteiger partial charge in [-0.1, -0.05) is 29.8 Å². The van der Waals surface area contributed by atoms with Crippen LogP contribution in [0.1, 0.15) is 18.5 Å². The van der Waals surface area contributed by atoms with Crippen molar-refractivity contribution in [2.24, 2.45) is 0 Å². The van der Waals surface area contributed by atoms with Crippen molar-refractivity contribution in [1.29, 1.82) is 0 Å². The van der Waals surface area contributed by atoms with Gasteiger partial charge >= 0.3 is 0 Å². The van der Waals surface area contributed by atoms with Gasteiger partial charge in [0.05, 0.1) is 22.4 Å². The molecule has 94 valence electrons. The Morgan fingerprint density at radius 2 is 2.11 bits per heavy atom. The van der Waals surface area contributed by atoms with Crippen molar-refractivity contribution in [1.82, 2.24) is 4.98 Å². The summed E-state index contributed by atoms with van der Waals surface area (Å²) in [6.45, 7) is 1.89. The van der Waals surface area contributed by atoms with E-state index in [0.29, 0.717) is 15.2 Å². The van der Waals surface area contributed by atoms with Gasteiger partial charge in [0.25, 0.3) is 0 Å². The summed E-state index contributed by atoms with van der Waals surface area (Å²) in [5.74, 6) is -0.224. The maximum Gasteiger partial charge on any atom is 0.143 e. The molecule has 0 amide bonds. The van der Waals surface area contributed by atoms with Crippen LogP contribution in [0.2, 0.25) is 5.15 Å². The molecule has 1 atom stereocenters. The molecule has 0 bridgehead atoms. The van der Waals surface area contributed by atoms with Crippen molar-refractivity contribution < 1.29 is 4.39 Å². The number of nitrogens with zero attached hydrogens (tertiary/aromatic N) is 1. The monoisotopic (exact) mass is 328 g/mol. The minimum Gasteiger partial charge on any atom is -0.377 e. The zero-order valence-electron chi connectivity index (χ0n) is 9.62. The molecule has 2 rings (SSSR count). The van der Waals surface area contributed by atoms with Gasteiger partial charge in [0.15, 0.2) is 0 Å². The Morgan fingerprint density at radius 1 is 1.39 bits per heavy atom. The van der Waals surface area contributed by atoms with E-state index < -0.39 is 0 Å². The van der Waals surface area contributed by atoms with E-state index in [2.05, 4.69) is 26.2 Å². The third kappa shape index (κ3) is 3.00. The van der Waals surface area contributed by atoms with E-state index in [1.54, 1.807) is 18.3 Å². The molecule has 0 saturated carbocycles. The summed E-state index contributed by atoms with van der Waals surface area (Å²) >= 11 is 9.11. The summed E-state index contributed by atoms with van der Waals surface area (Å²) in [4.78, 5) is 4.01. The molecular formula is C13H11BrClFN2. The first-order chi connectivity index (χ1) is 8.58. The van der Waals surface area contributed by atoms with Crippen molar-refractivity contribution in [2.75, 3.05) is 5.32 Å². The summed E-state index contributed by atoms with van der Waals surface area (Å²) in [5.41, 5.74) is 1.39. The van der Waals surface area contributed by atoms with Gasteiger partial charge in [-0.25, -0.2) is 9.37 Å². The largest absolute Gasteiger partial charge is 0.377 e. The Hall–Kier alpha value is -1.13. The molecule has 2 nitrogen and oxygen atoms in total. The normalized spacial score (nSPS) is 12.2. The lowest BCUT2D eigenvalue weighted by Crippen LogP contribution is -2.08. The highest BCUT2D eigenvalue weighted by Gasteiger charge is 2.10. The third-order valence-electron chi connectivity index (χ3n) is 2.55. The van der Waals surface area contributed by atoms with Gasteiger partial charge < -0.3 is 5.32 Å². The lowest BCUT2D eigenvalue weighted by atomic mass is 10.1. The Kier molecular flexibility index (Phi) is 4.19. The van der Waals surface area contributed by atoms with Crippen molar-refractivity contribution >= 4 is 33.2 Å². The molecule has 1 aromatic carbocycles.